The van der Waals surface area contributed by atoms with E-state index in [1.54, 1.807) is 18.2 Å². The maximum Gasteiger partial charge on any atom is 0.273 e. The second kappa shape index (κ2) is 9.46. The number of likely N-dealkylation sites (tertiary alicyclic amines) is 1. The van der Waals surface area contributed by atoms with Crippen LogP contribution in [-0.2, 0) is 11.2 Å². The molecule has 2 aromatic rings. The molecule has 0 spiro atoms. The van der Waals surface area contributed by atoms with Gasteiger partial charge in [-0.2, -0.15) is 0 Å². The third kappa shape index (κ3) is 5.16. The molecule has 0 saturated carbocycles. The highest BCUT2D eigenvalue weighted by molar-refractivity contribution is 5.79. The lowest BCUT2D eigenvalue weighted by Crippen LogP contribution is -2.42. The number of nitro groups is 1. The quantitative estimate of drug-likeness (QED) is 0.586. The summed E-state index contributed by atoms with van der Waals surface area (Å²) >= 11 is 0. The summed E-state index contributed by atoms with van der Waals surface area (Å²) < 4.78 is 0. The summed E-state index contributed by atoms with van der Waals surface area (Å²) in [7, 11) is 0. The predicted molar refractivity (Wildman–Crippen MR) is 109 cm³/mol. The molecule has 148 valence electrons. The van der Waals surface area contributed by atoms with Crippen molar-refractivity contribution >= 4 is 11.6 Å². The van der Waals surface area contributed by atoms with Crippen LogP contribution >= 0.6 is 0 Å². The Labute approximate surface area is 165 Å². The Morgan fingerprint density at radius 1 is 1.14 bits per heavy atom. The van der Waals surface area contributed by atoms with Crippen LogP contribution in [-0.4, -0.2) is 35.4 Å². The molecule has 1 unspecified atom stereocenters. The number of hydrogen-bond donors (Lipinski definition) is 1. The third-order valence-electron chi connectivity index (χ3n) is 5.48. The molecule has 1 aliphatic rings. The van der Waals surface area contributed by atoms with Crippen LogP contribution in [0.5, 0.6) is 0 Å². The molecule has 2 aromatic carbocycles. The standard InChI is InChI=1S/C22H27N3O3/c1-17-11-13-24(14-12-17)21(18-7-3-2-4-8-18)16-23-22(26)15-19-9-5-6-10-20(19)25(27)28/h2-10,17,21H,11-16H2,1H3,(H,23,26). The van der Waals surface area contributed by atoms with E-state index in [0.29, 0.717) is 12.1 Å². The molecular weight excluding hydrogens is 354 g/mol. The minimum atomic E-state index is -0.440. The molecular formula is C22H27N3O3. The fourth-order valence-electron chi connectivity index (χ4n) is 3.76. The van der Waals surface area contributed by atoms with E-state index in [4.69, 9.17) is 0 Å². The van der Waals surface area contributed by atoms with Crippen LogP contribution in [0, 0.1) is 16.0 Å². The van der Waals surface area contributed by atoms with Gasteiger partial charge in [0.1, 0.15) is 0 Å². The Balaban J connectivity index is 1.66. The molecule has 28 heavy (non-hydrogen) atoms. The number of hydrogen-bond acceptors (Lipinski definition) is 4. The van der Waals surface area contributed by atoms with Crippen molar-refractivity contribution in [2.45, 2.75) is 32.2 Å². The van der Waals surface area contributed by atoms with E-state index in [1.165, 1.54) is 11.6 Å². The van der Waals surface area contributed by atoms with Gasteiger partial charge in [0.05, 0.1) is 17.4 Å². The van der Waals surface area contributed by atoms with Crippen molar-refractivity contribution in [1.29, 1.82) is 0 Å². The van der Waals surface area contributed by atoms with Crippen molar-refractivity contribution in [2.24, 2.45) is 5.92 Å². The minimum Gasteiger partial charge on any atom is -0.354 e. The fraction of sp³-hybridized carbons (Fsp3) is 0.409. The summed E-state index contributed by atoms with van der Waals surface area (Å²) in [6, 6.07) is 16.7. The van der Waals surface area contributed by atoms with Crippen molar-refractivity contribution in [3.63, 3.8) is 0 Å². The van der Waals surface area contributed by atoms with Crippen LogP contribution in [0.3, 0.4) is 0 Å². The number of nitrogens with zero attached hydrogens (tertiary/aromatic N) is 2. The summed E-state index contributed by atoms with van der Waals surface area (Å²) in [5.41, 5.74) is 1.61. The number of piperidine rings is 1. The first-order chi connectivity index (χ1) is 13.5. The zero-order valence-corrected chi connectivity index (χ0v) is 16.2. The topological polar surface area (TPSA) is 75.5 Å². The van der Waals surface area contributed by atoms with E-state index in [-0.39, 0.29) is 24.1 Å². The first-order valence-electron chi connectivity index (χ1n) is 9.82. The van der Waals surface area contributed by atoms with Crippen LogP contribution in [0.1, 0.15) is 36.9 Å². The van der Waals surface area contributed by atoms with E-state index < -0.39 is 4.92 Å². The Morgan fingerprint density at radius 2 is 1.79 bits per heavy atom. The van der Waals surface area contributed by atoms with Gasteiger partial charge in [0.15, 0.2) is 0 Å². The van der Waals surface area contributed by atoms with E-state index in [0.717, 1.165) is 31.8 Å². The summed E-state index contributed by atoms with van der Waals surface area (Å²) in [6.07, 6.45) is 2.33. The molecule has 1 fully saturated rings. The highest BCUT2D eigenvalue weighted by atomic mass is 16.6. The fourth-order valence-corrected chi connectivity index (χ4v) is 3.76. The average Bonchev–Trinajstić information content (AvgIpc) is 2.70. The van der Waals surface area contributed by atoms with Gasteiger partial charge >= 0.3 is 0 Å². The number of para-hydroxylation sites is 1. The SMILES string of the molecule is CC1CCN(C(CNC(=O)Cc2ccccc2[N+](=O)[O-])c2ccccc2)CC1. The Hall–Kier alpha value is -2.73. The lowest BCUT2D eigenvalue weighted by molar-refractivity contribution is -0.385. The van der Waals surface area contributed by atoms with Crippen molar-refractivity contribution < 1.29 is 9.72 Å². The number of carbonyl (C=O) groups is 1. The molecule has 1 heterocycles. The normalized spacial score (nSPS) is 16.5. The smallest absolute Gasteiger partial charge is 0.273 e. The Bertz CT molecular complexity index is 802. The molecule has 0 aromatic heterocycles. The zero-order valence-electron chi connectivity index (χ0n) is 16.2. The molecule has 1 saturated heterocycles. The van der Waals surface area contributed by atoms with Gasteiger partial charge in [0.25, 0.3) is 5.69 Å². The van der Waals surface area contributed by atoms with Gasteiger partial charge < -0.3 is 5.32 Å². The van der Waals surface area contributed by atoms with Gasteiger partial charge in [-0.3, -0.25) is 19.8 Å². The highest BCUT2D eigenvalue weighted by Crippen LogP contribution is 2.26. The number of amides is 1. The number of benzene rings is 2. The lowest BCUT2D eigenvalue weighted by Gasteiger charge is -2.37. The molecule has 1 atom stereocenters. The second-order valence-electron chi connectivity index (χ2n) is 7.51. The van der Waals surface area contributed by atoms with Gasteiger partial charge in [0, 0.05) is 18.2 Å². The number of nitrogens with one attached hydrogen (secondary N) is 1. The van der Waals surface area contributed by atoms with Crippen LogP contribution in [0.2, 0.25) is 0 Å². The number of carbonyl (C=O) groups excluding carboxylic acids is 1. The lowest BCUT2D eigenvalue weighted by atomic mass is 9.95. The Kier molecular flexibility index (Phi) is 6.76. The van der Waals surface area contributed by atoms with E-state index >= 15 is 0 Å². The Morgan fingerprint density at radius 3 is 2.46 bits per heavy atom. The van der Waals surface area contributed by atoms with Crippen molar-refractivity contribution in [3.8, 4) is 0 Å². The highest BCUT2D eigenvalue weighted by Gasteiger charge is 2.25. The van der Waals surface area contributed by atoms with E-state index in [2.05, 4.69) is 29.3 Å². The first kappa shape index (κ1) is 20.0. The maximum atomic E-state index is 12.5. The van der Waals surface area contributed by atoms with E-state index in [1.807, 2.05) is 18.2 Å². The van der Waals surface area contributed by atoms with Crippen LogP contribution < -0.4 is 5.32 Å². The van der Waals surface area contributed by atoms with Crippen molar-refractivity contribution in [2.75, 3.05) is 19.6 Å². The number of nitro benzene ring substituents is 1. The monoisotopic (exact) mass is 381 g/mol. The van der Waals surface area contributed by atoms with Crippen LogP contribution in [0.25, 0.3) is 0 Å². The largest absolute Gasteiger partial charge is 0.354 e. The zero-order chi connectivity index (χ0) is 19.9. The molecule has 1 aliphatic heterocycles. The molecule has 3 rings (SSSR count). The molecule has 6 heteroatoms. The summed E-state index contributed by atoms with van der Waals surface area (Å²) in [5.74, 6) is 0.543. The molecule has 0 radical (unpaired) electrons. The summed E-state index contributed by atoms with van der Waals surface area (Å²) in [5, 5.41) is 14.2. The second-order valence-corrected chi connectivity index (χ2v) is 7.51. The van der Waals surface area contributed by atoms with Gasteiger partial charge in [-0.1, -0.05) is 55.5 Å². The van der Waals surface area contributed by atoms with Gasteiger partial charge in [-0.05, 0) is 37.4 Å². The van der Waals surface area contributed by atoms with Gasteiger partial charge in [-0.25, -0.2) is 0 Å². The van der Waals surface area contributed by atoms with Gasteiger partial charge in [-0.15, -0.1) is 0 Å². The minimum absolute atomic E-state index is 0.00962. The molecule has 6 nitrogen and oxygen atoms in total. The van der Waals surface area contributed by atoms with Crippen molar-refractivity contribution in [1.82, 2.24) is 10.2 Å². The van der Waals surface area contributed by atoms with Gasteiger partial charge in [0.2, 0.25) is 5.91 Å². The first-order valence-corrected chi connectivity index (χ1v) is 9.82. The third-order valence-corrected chi connectivity index (χ3v) is 5.48. The average molecular weight is 381 g/mol. The molecule has 1 amide bonds. The summed E-state index contributed by atoms with van der Waals surface area (Å²) in [6.45, 7) is 4.81. The van der Waals surface area contributed by atoms with Crippen LogP contribution in [0.4, 0.5) is 5.69 Å². The van der Waals surface area contributed by atoms with E-state index in [9.17, 15) is 14.9 Å². The maximum absolute atomic E-state index is 12.5. The summed E-state index contributed by atoms with van der Waals surface area (Å²) in [4.78, 5) is 25.7. The molecule has 1 N–H and O–H groups in total. The van der Waals surface area contributed by atoms with Crippen molar-refractivity contribution in [3.05, 3.63) is 75.8 Å². The molecule has 0 bridgehead atoms. The predicted octanol–water partition coefficient (Wildman–Crippen LogP) is 3.73. The number of rotatable bonds is 7. The molecule has 0 aliphatic carbocycles. The van der Waals surface area contributed by atoms with Crippen LogP contribution in [0.15, 0.2) is 54.6 Å².